The quantitative estimate of drug-likeness (QED) is 0.249. The summed E-state index contributed by atoms with van der Waals surface area (Å²) in [4.78, 5) is 13.9. The van der Waals surface area contributed by atoms with Gasteiger partial charge in [0.15, 0.2) is 0 Å². The van der Waals surface area contributed by atoms with E-state index in [9.17, 15) is 15.0 Å². The predicted molar refractivity (Wildman–Crippen MR) is 147 cm³/mol. The molecule has 5 aromatic rings. The Labute approximate surface area is 218 Å². The molecule has 176 valence electrons. The second-order valence-electron chi connectivity index (χ2n) is 8.04. The topological polar surface area (TPSA) is 72.7 Å². The molecule has 0 unspecified atom stereocenters. The number of carboxylic acid groups (broad SMARTS) is 1. The molecular weight excluding hydrogens is 553 g/mol. The Morgan fingerprint density at radius 1 is 0.694 bits per heavy atom. The van der Waals surface area contributed by atoms with Crippen molar-refractivity contribution in [2.75, 3.05) is 6.54 Å². The molecule has 0 aliphatic carbocycles. The van der Waals surface area contributed by atoms with Gasteiger partial charge < -0.3 is 15.0 Å². The van der Waals surface area contributed by atoms with Crippen LogP contribution < -0.4 is 15.8 Å². The summed E-state index contributed by atoms with van der Waals surface area (Å²) in [5, 5.41) is 21.8. The van der Waals surface area contributed by atoms with Crippen LogP contribution in [-0.4, -0.2) is 43.6 Å². The number of hydrogen-bond acceptors (Lipinski definition) is 4. The van der Waals surface area contributed by atoms with Crippen LogP contribution in [0.1, 0.15) is 5.56 Å². The van der Waals surface area contributed by atoms with Gasteiger partial charge in [-0.3, -0.25) is 4.99 Å². The number of fused-ring (bicyclic) bond motifs is 1. The van der Waals surface area contributed by atoms with Crippen molar-refractivity contribution in [3.63, 3.8) is 0 Å². The monoisotopic (exact) mass is 579 g/mol. The maximum atomic E-state index is 10.2. The summed E-state index contributed by atoms with van der Waals surface area (Å²) in [6, 6.07) is 43.9. The number of phenolic OH excluding ortho intramolecular Hbond substituents is 1. The number of carboxylic acids is 1. The molecule has 0 saturated carbocycles. The van der Waals surface area contributed by atoms with Crippen molar-refractivity contribution in [1.29, 1.82) is 0 Å². The second-order valence-corrected chi connectivity index (χ2v) is 15.1. The maximum absolute atomic E-state index is 10.2. The van der Waals surface area contributed by atoms with E-state index in [0.717, 1.165) is 5.39 Å². The summed E-state index contributed by atoms with van der Waals surface area (Å²) in [5.41, 5.74) is 0.491. The van der Waals surface area contributed by atoms with Gasteiger partial charge in [0, 0.05) is 17.2 Å². The van der Waals surface area contributed by atoms with E-state index < -0.39 is 32.3 Å². The van der Waals surface area contributed by atoms with Crippen molar-refractivity contribution in [1.82, 2.24) is 0 Å². The Hall–Kier alpha value is -3.90. The Bertz CT molecular complexity index is 1340. The predicted octanol–water partition coefficient (Wildman–Crippen LogP) is 2.92. The van der Waals surface area contributed by atoms with Gasteiger partial charge in [-0.25, -0.2) is 0 Å². The Kier molecular flexibility index (Phi) is 8.89. The van der Waals surface area contributed by atoms with Gasteiger partial charge in [-0.1, -0.05) is 30.3 Å². The van der Waals surface area contributed by atoms with Gasteiger partial charge in [-0.15, -0.1) is 0 Å². The van der Waals surface area contributed by atoms with Crippen molar-refractivity contribution >= 4 is 53.5 Å². The van der Waals surface area contributed by atoms with E-state index in [-0.39, 0.29) is 5.75 Å². The molecule has 0 aliphatic heterocycles. The van der Waals surface area contributed by atoms with E-state index in [4.69, 9.17) is 0 Å². The van der Waals surface area contributed by atoms with Gasteiger partial charge >= 0.3 is 121 Å². The average molecular weight is 578 g/mol. The summed E-state index contributed by atoms with van der Waals surface area (Å²) < 4.78 is 4.59. The first kappa shape index (κ1) is 25.2. The van der Waals surface area contributed by atoms with E-state index >= 15 is 0 Å². The van der Waals surface area contributed by atoms with Crippen LogP contribution in [-0.2, 0) is 4.79 Å². The van der Waals surface area contributed by atoms with E-state index in [0.29, 0.717) is 10.9 Å². The van der Waals surface area contributed by atoms with Crippen molar-refractivity contribution in [2.45, 2.75) is 0 Å². The number of hydrogen-bond donors (Lipinski definition) is 1. The van der Waals surface area contributed by atoms with Gasteiger partial charge in [0.05, 0.1) is 12.5 Å². The molecule has 0 aromatic heterocycles. The summed E-state index contributed by atoms with van der Waals surface area (Å²) in [6.45, 7) is -0.410. The molecule has 0 aliphatic rings. The molecule has 5 rings (SSSR count). The number of rotatable bonds is 6. The van der Waals surface area contributed by atoms with Crippen LogP contribution in [0, 0.1) is 0 Å². The van der Waals surface area contributed by atoms with Gasteiger partial charge in [0.2, 0.25) is 0 Å². The first-order valence-corrected chi connectivity index (χ1v) is 15.8. The van der Waals surface area contributed by atoms with Crippen LogP contribution in [0.5, 0.6) is 5.75 Å². The van der Waals surface area contributed by atoms with Crippen molar-refractivity contribution in [3.05, 3.63) is 133 Å². The number of benzene rings is 5. The molecule has 0 fully saturated rings. The van der Waals surface area contributed by atoms with Gasteiger partial charge in [-0.2, -0.15) is 0 Å². The van der Waals surface area contributed by atoms with Gasteiger partial charge in [0.25, 0.3) is 0 Å². The van der Waals surface area contributed by atoms with Crippen LogP contribution in [0.3, 0.4) is 0 Å². The fourth-order valence-electron chi connectivity index (χ4n) is 3.91. The SMILES string of the molecule is O=C([O-])CN=Cc1ccc2ccccc2c1O.c1cc[c]([Sn+]([c]2ccccc2)[c]2ccccc2)cc1. The fraction of sp³-hybridized carbons (Fsp3) is 0.0323. The van der Waals surface area contributed by atoms with Gasteiger partial charge in [0.1, 0.15) is 5.75 Å². The molecule has 0 saturated heterocycles. The third kappa shape index (κ3) is 6.61. The van der Waals surface area contributed by atoms with E-state index in [1.165, 1.54) is 17.0 Å². The number of aliphatic carboxylic acids is 1. The first-order chi connectivity index (χ1) is 17.6. The van der Waals surface area contributed by atoms with E-state index in [1.807, 2.05) is 24.3 Å². The third-order valence-electron chi connectivity index (χ3n) is 5.57. The molecule has 5 heteroatoms. The molecule has 0 heterocycles. The number of carbonyl (C=O) groups is 1. The minimum absolute atomic E-state index is 0.102. The standard InChI is InChI=1S/C13H11NO3.3C6H5.Sn/c15-12(16)8-14-7-10-6-5-9-3-1-2-4-11(9)13(10)17;3*1-2-4-6-5-3-1;/h1-7,17H,8H2,(H,15,16);3*1-5H;/q;;;;+1/p-1. The number of aromatic hydroxyl groups is 1. The van der Waals surface area contributed by atoms with Crippen LogP contribution in [0.2, 0.25) is 0 Å². The normalized spacial score (nSPS) is 10.6. The number of phenols is 1. The van der Waals surface area contributed by atoms with Crippen LogP contribution in [0.15, 0.2) is 132 Å². The average Bonchev–Trinajstić information content (AvgIpc) is 2.92. The first-order valence-electron chi connectivity index (χ1n) is 11.6. The Balaban J connectivity index is 0.000000170. The second kappa shape index (κ2) is 12.7. The molecule has 0 spiro atoms. The molecule has 0 bridgehead atoms. The summed E-state index contributed by atoms with van der Waals surface area (Å²) in [7, 11) is 0. The zero-order valence-corrected chi connectivity index (χ0v) is 22.5. The molecule has 0 amide bonds. The van der Waals surface area contributed by atoms with Gasteiger partial charge in [-0.05, 0) is 11.5 Å². The summed E-state index contributed by atoms with van der Waals surface area (Å²) in [5.74, 6) is -1.15. The van der Waals surface area contributed by atoms with Crippen molar-refractivity contribution in [3.8, 4) is 5.75 Å². The summed E-state index contributed by atoms with van der Waals surface area (Å²) >= 11 is -1.98. The number of carbonyl (C=O) groups excluding carboxylic acids is 1. The van der Waals surface area contributed by atoms with Crippen molar-refractivity contribution < 1.29 is 15.0 Å². The molecule has 1 N–H and O–H groups in total. The zero-order valence-electron chi connectivity index (χ0n) is 19.6. The third-order valence-corrected chi connectivity index (χ3v) is 13.4. The zero-order chi connectivity index (χ0) is 25.2. The van der Waals surface area contributed by atoms with Crippen molar-refractivity contribution in [2.24, 2.45) is 4.99 Å². The molecule has 0 atom stereocenters. The van der Waals surface area contributed by atoms with Crippen LogP contribution in [0.25, 0.3) is 10.8 Å². The van der Waals surface area contributed by atoms with Crippen LogP contribution >= 0.6 is 0 Å². The molecule has 0 radical (unpaired) electrons. The van der Waals surface area contributed by atoms with E-state index in [2.05, 4.69) is 96.0 Å². The number of nitrogens with zero attached hydrogens (tertiary/aromatic N) is 1. The fourth-order valence-corrected chi connectivity index (χ4v) is 11.3. The molecule has 5 aromatic carbocycles. The molecule has 36 heavy (non-hydrogen) atoms. The van der Waals surface area contributed by atoms with E-state index in [1.54, 1.807) is 12.1 Å². The minimum atomic E-state index is -1.98. The Morgan fingerprint density at radius 3 is 1.67 bits per heavy atom. The Morgan fingerprint density at radius 2 is 1.17 bits per heavy atom. The molecular formula is C31H25NO3Sn. The summed E-state index contributed by atoms with van der Waals surface area (Å²) in [6.07, 6.45) is 1.33. The van der Waals surface area contributed by atoms with Crippen LogP contribution in [0.4, 0.5) is 0 Å². The molecule has 4 nitrogen and oxygen atoms in total. The number of aliphatic imine (C=N–C) groups is 1.